The molecule has 0 amide bonds. The van der Waals surface area contributed by atoms with E-state index in [-0.39, 0.29) is 0 Å². The summed E-state index contributed by atoms with van der Waals surface area (Å²) in [6.45, 7) is 0. The van der Waals surface area contributed by atoms with Crippen LogP contribution in [-0.4, -0.2) is 18.5 Å². The van der Waals surface area contributed by atoms with Crippen LogP contribution in [0.3, 0.4) is 0 Å². The molecule has 0 aliphatic heterocycles. The van der Waals surface area contributed by atoms with Gasteiger partial charge in [-0.2, -0.15) is 13.2 Å². The molecule has 0 aliphatic rings. The minimum atomic E-state index is -6.09. The van der Waals surface area contributed by atoms with E-state index in [1.54, 1.807) is 0 Å². The molecule has 0 spiro atoms. The summed E-state index contributed by atoms with van der Waals surface area (Å²) in [4.78, 5) is 0. The van der Waals surface area contributed by atoms with Gasteiger partial charge in [0, 0.05) is 5.39 Å². The normalized spacial score (nSPS) is 11.8. The van der Waals surface area contributed by atoms with Crippen LogP contribution in [0.25, 0.3) is 10.8 Å². The Hall–Kier alpha value is -2.73. The van der Waals surface area contributed by atoms with E-state index in [2.05, 4.69) is 103 Å². The molecule has 0 saturated carbocycles. The Morgan fingerprint density at radius 1 is 0.645 bits per heavy atom. The monoisotopic (exact) mass is 462 g/mol. The summed E-state index contributed by atoms with van der Waals surface area (Å²) in [7, 11) is -7.09. The molecule has 0 unspecified atom stereocenters. The molecule has 0 fully saturated rings. The van der Waals surface area contributed by atoms with Crippen LogP contribution >= 0.6 is 7.92 Å². The summed E-state index contributed by atoms with van der Waals surface area (Å²) in [6, 6.07) is 37.2. The first-order chi connectivity index (χ1) is 14.7. The number of hydrogen-bond acceptors (Lipinski definition) is 3. The first kappa shape index (κ1) is 22.9. The second kappa shape index (κ2) is 9.60. The molecule has 0 radical (unpaired) electrons. The fourth-order valence-corrected chi connectivity index (χ4v) is 5.90. The smallest absolute Gasteiger partial charge is 0.485 e. The van der Waals surface area contributed by atoms with Gasteiger partial charge in [0.15, 0.2) is 10.1 Å². The van der Waals surface area contributed by atoms with E-state index in [4.69, 9.17) is 13.0 Å². The van der Waals surface area contributed by atoms with E-state index >= 15 is 0 Å². The van der Waals surface area contributed by atoms with Crippen molar-refractivity contribution in [3.8, 4) is 0 Å². The van der Waals surface area contributed by atoms with Crippen molar-refractivity contribution in [1.29, 1.82) is 0 Å². The molecular formula is C23H18F3O3PS. The Balaban J connectivity index is 0.000000293. The summed E-state index contributed by atoms with van der Waals surface area (Å²) in [5, 5.41) is 7.02. The first-order valence-electron chi connectivity index (χ1n) is 9.16. The van der Waals surface area contributed by atoms with Crippen LogP contribution in [-0.2, 0) is 10.1 Å². The molecule has 4 rings (SSSR count). The van der Waals surface area contributed by atoms with Gasteiger partial charge in [-0.1, -0.05) is 72.8 Å². The quantitative estimate of drug-likeness (QED) is 0.258. The van der Waals surface area contributed by atoms with Crippen LogP contribution in [0.15, 0.2) is 103 Å². The number of hydrogen-bond donors (Lipinski definition) is 0. The zero-order chi connectivity index (χ0) is 22.5. The summed E-state index contributed by atoms with van der Waals surface area (Å²) >= 11 is 0. The van der Waals surface area contributed by atoms with Crippen LogP contribution in [0.5, 0.6) is 0 Å². The highest BCUT2D eigenvalue weighted by atomic mass is 32.2. The third kappa shape index (κ3) is 5.70. The van der Waals surface area contributed by atoms with Crippen molar-refractivity contribution in [2.45, 2.75) is 5.51 Å². The van der Waals surface area contributed by atoms with Gasteiger partial charge in [0.05, 0.1) is 7.92 Å². The lowest BCUT2D eigenvalue weighted by Crippen LogP contribution is -2.21. The summed E-state index contributed by atoms with van der Waals surface area (Å²) in [5.41, 5.74) is -5.65. The SMILES string of the molecule is O=S(=O)([O-])C(F)(F)F.c1ccc([PH+](c2ccccc2)c2cccc3ccccc23)cc1. The molecule has 0 atom stereocenters. The maximum atomic E-state index is 10.7. The van der Waals surface area contributed by atoms with E-state index in [9.17, 15) is 13.2 Å². The minimum absolute atomic E-state index is 1.00. The molecular weight excluding hydrogens is 444 g/mol. The van der Waals surface area contributed by atoms with E-state index in [1.807, 2.05) is 0 Å². The molecule has 0 heterocycles. The highest BCUT2D eigenvalue weighted by Gasteiger charge is 2.37. The predicted octanol–water partition coefficient (Wildman–Crippen LogP) is 4.38. The molecule has 0 N–H and O–H groups in total. The lowest BCUT2D eigenvalue weighted by Gasteiger charge is -2.13. The third-order valence-electron chi connectivity index (χ3n) is 4.47. The maximum Gasteiger partial charge on any atom is 0.485 e. The van der Waals surface area contributed by atoms with Crippen molar-refractivity contribution in [2.75, 3.05) is 0 Å². The van der Waals surface area contributed by atoms with Gasteiger partial charge in [-0.25, -0.2) is 8.42 Å². The summed E-state index contributed by atoms with van der Waals surface area (Å²) < 4.78 is 58.9. The van der Waals surface area contributed by atoms with Crippen LogP contribution < -0.4 is 15.9 Å². The van der Waals surface area contributed by atoms with E-state index < -0.39 is 23.5 Å². The van der Waals surface area contributed by atoms with Gasteiger partial charge in [0.25, 0.3) is 0 Å². The fraction of sp³-hybridized carbons (Fsp3) is 0.0435. The highest BCUT2D eigenvalue weighted by molar-refractivity contribution is 7.86. The van der Waals surface area contributed by atoms with Crippen LogP contribution in [0.4, 0.5) is 13.2 Å². The highest BCUT2D eigenvalue weighted by Crippen LogP contribution is 2.35. The topological polar surface area (TPSA) is 57.2 Å². The molecule has 0 saturated heterocycles. The van der Waals surface area contributed by atoms with Crippen molar-refractivity contribution >= 4 is 44.7 Å². The van der Waals surface area contributed by atoms with Crippen molar-refractivity contribution < 1.29 is 26.1 Å². The standard InChI is InChI=1S/C22H17P.CHF3O3S/c1-3-12-19(13-4-1)23(20-14-5-2-6-15-20)22-17-9-11-18-10-7-8-16-21(18)22;2-1(3,4)8(5,6)7/h1-17H;(H,5,6,7). The zero-order valence-corrected chi connectivity index (χ0v) is 17.9. The van der Waals surface area contributed by atoms with Crippen LogP contribution in [0, 0.1) is 0 Å². The number of benzene rings is 4. The summed E-state index contributed by atoms with van der Waals surface area (Å²) in [6.07, 6.45) is 0. The van der Waals surface area contributed by atoms with Crippen molar-refractivity contribution in [3.05, 3.63) is 103 Å². The predicted molar refractivity (Wildman–Crippen MR) is 120 cm³/mol. The molecule has 0 aromatic heterocycles. The second-order valence-electron chi connectivity index (χ2n) is 6.53. The molecule has 0 aliphatic carbocycles. The first-order valence-corrected chi connectivity index (χ1v) is 12.1. The molecule has 4 aromatic rings. The number of fused-ring (bicyclic) bond motifs is 1. The molecule has 0 bridgehead atoms. The fourth-order valence-electron chi connectivity index (χ4n) is 3.13. The molecule has 31 heavy (non-hydrogen) atoms. The van der Waals surface area contributed by atoms with Gasteiger partial charge in [0.2, 0.25) is 0 Å². The maximum absolute atomic E-state index is 10.7. The Labute approximate surface area is 179 Å². The third-order valence-corrected chi connectivity index (χ3v) is 7.83. The molecule has 3 nitrogen and oxygen atoms in total. The van der Waals surface area contributed by atoms with E-state index in [0.29, 0.717) is 0 Å². The molecule has 4 aromatic carbocycles. The van der Waals surface area contributed by atoms with Gasteiger partial charge in [-0.3, -0.25) is 0 Å². The number of rotatable bonds is 3. The lowest BCUT2D eigenvalue weighted by atomic mass is 10.1. The van der Waals surface area contributed by atoms with E-state index in [0.717, 1.165) is 0 Å². The zero-order valence-electron chi connectivity index (χ0n) is 16.1. The largest absolute Gasteiger partial charge is 0.741 e. The Morgan fingerprint density at radius 2 is 1.06 bits per heavy atom. The number of alkyl halides is 3. The average molecular weight is 462 g/mol. The molecule has 160 valence electrons. The molecule has 8 heteroatoms. The van der Waals surface area contributed by atoms with E-state index in [1.165, 1.54) is 26.7 Å². The van der Waals surface area contributed by atoms with Crippen molar-refractivity contribution in [1.82, 2.24) is 0 Å². The lowest BCUT2D eigenvalue weighted by molar-refractivity contribution is -0.0517. The van der Waals surface area contributed by atoms with Crippen molar-refractivity contribution in [3.63, 3.8) is 0 Å². The summed E-state index contributed by atoms with van der Waals surface area (Å²) in [5.74, 6) is 0. The van der Waals surface area contributed by atoms with Gasteiger partial charge < -0.3 is 4.55 Å². The van der Waals surface area contributed by atoms with Crippen molar-refractivity contribution in [2.24, 2.45) is 0 Å². The van der Waals surface area contributed by atoms with Gasteiger partial charge >= 0.3 is 5.51 Å². The Kier molecular flexibility index (Phi) is 7.11. The second-order valence-corrected chi connectivity index (χ2v) is 10.3. The average Bonchev–Trinajstić information content (AvgIpc) is 2.75. The van der Waals surface area contributed by atoms with Gasteiger partial charge in [0.1, 0.15) is 15.9 Å². The van der Waals surface area contributed by atoms with Gasteiger partial charge in [-0.05, 0) is 35.7 Å². The van der Waals surface area contributed by atoms with Gasteiger partial charge in [-0.15, -0.1) is 0 Å². The minimum Gasteiger partial charge on any atom is -0.741 e. The Bertz CT molecular complexity index is 1200. The Morgan fingerprint density at radius 3 is 1.55 bits per heavy atom. The van der Waals surface area contributed by atoms with Crippen LogP contribution in [0.1, 0.15) is 0 Å². The number of halogens is 3. The van der Waals surface area contributed by atoms with Crippen LogP contribution in [0.2, 0.25) is 0 Å².